The lowest BCUT2D eigenvalue weighted by atomic mass is 10.1. The van der Waals surface area contributed by atoms with Crippen LogP contribution in [-0.4, -0.2) is 17.0 Å². The largest absolute Gasteiger partial charge is 0.410 e. The van der Waals surface area contributed by atoms with Gasteiger partial charge in [0.2, 0.25) is 5.52 Å². The van der Waals surface area contributed by atoms with E-state index < -0.39 is 13.1 Å². The molecule has 0 aliphatic carbocycles. The van der Waals surface area contributed by atoms with Crippen LogP contribution in [0.3, 0.4) is 0 Å². The molecular weight excluding hydrogens is 217 g/mol. The van der Waals surface area contributed by atoms with Crippen molar-refractivity contribution >= 4 is 13.1 Å². The van der Waals surface area contributed by atoms with Gasteiger partial charge < -0.3 is 4.89 Å². The second-order valence-corrected chi connectivity index (χ2v) is 5.28. The first-order chi connectivity index (χ1) is 6.94. The summed E-state index contributed by atoms with van der Waals surface area (Å²) in [6, 6.07) is 0. The number of carbonyl (C=O) groups excluding carboxylic acids is 1. The summed E-state index contributed by atoms with van der Waals surface area (Å²) in [5.41, 5.74) is 1.61. The van der Waals surface area contributed by atoms with Crippen LogP contribution in [-0.2, 0) is 14.0 Å². The molecule has 2 atom stereocenters. The molecule has 0 radical (unpaired) electrons. The van der Waals surface area contributed by atoms with Crippen molar-refractivity contribution in [2.75, 3.05) is 6.54 Å². The van der Waals surface area contributed by atoms with E-state index in [0.29, 0.717) is 12.5 Å². The van der Waals surface area contributed by atoms with E-state index in [9.17, 15) is 9.36 Å². The summed E-state index contributed by atoms with van der Waals surface area (Å²) in [7, 11) is -4.10. The number of nitrogens with one attached hydrogen (secondary N) is 1. The highest BCUT2D eigenvalue weighted by molar-refractivity contribution is 7.70. The van der Waals surface area contributed by atoms with Crippen LogP contribution in [0.25, 0.3) is 0 Å². The highest BCUT2D eigenvalue weighted by atomic mass is 31.2. The molecule has 0 saturated heterocycles. The predicted octanol–water partition coefficient (Wildman–Crippen LogP) is 2.07. The quantitative estimate of drug-likeness (QED) is 0.384. The summed E-state index contributed by atoms with van der Waals surface area (Å²) in [5.74, 6) is 0.529. The van der Waals surface area contributed by atoms with E-state index in [4.69, 9.17) is 4.89 Å². The lowest BCUT2D eigenvalue weighted by Gasteiger charge is -2.12. The van der Waals surface area contributed by atoms with Crippen molar-refractivity contribution in [2.24, 2.45) is 5.92 Å². The maximum absolute atomic E-state index is 11.2. The zero-order valence-corrected chi connectivity index (χ0v) is 10.4. The molecule has 0 spiro atoms. The summed E-state index contributed by atoms with van der Waals surface area (Å²) < 4.78 is 15.7. The monoisotopic (exact) mass is 237 g/mol. The summed E-state index contributed by atoms with van der Waals surface area (Å²) in [4.78, 5) is 20.1. The van der Waals surface area contributed by atoms with Gasteiger partial charge in [0, 0.05) is 13.0 Å². The van der Waals surface area contributed by atoms with Crippen LogP contribution in [0.1, 0.15) is 40.0 Å². The van der Waals surface area contributed by atoms with Gasteiger partial charge in [-0.1, -0.05) is 27.2 Å². The van der Waals surface area contributed by atoms with E-state index in [2.05, 4.69) is 24.0 Å². The van der Waals surface area contributed by atoms with Crippen molar-refractivity contribution in [3.8, 4) is 0 Å². The summed E-state index contributed by atoms with van der Waals surface area (Å²) in [6.45, 7) is 6.14. The maximum atomic E-state index is 11.2. The number of hydroxylamine groups is 1. The molecular formula is C9H20NO4P. The number of hydrogen-bond acceptors (Lipinski definition) is 4. The minimum absolute atomic E-state index is 0.000814. The molecule has 0 aliphatic rings. The first-order valence-electron chi connectivity index (χ1n) is 5.21. The number of hydrogen-bond donors (Lipinski definition) is 2. The molecule has 6 heteroatoms. The first kappa shape index (κ1) is 14.8. The molecule has 0 aromatic carbocycles. The molecule has 90 valence electrons. The third kappa shape index (κ3) is 6.05. The average molecular weight is 237 g/mol. The Hall–Kier alpha value is -0.220. The first-order valence-corrected chi connectivity index (χ1v) is 6.79. The molecule has 0 fully saturated rings. The van der Waals surface area contributed by atoms with Crippen LogP contribution in [0.2, 0.25) is 0 Å². The molecule has 0 saturated carbocycles. The van der Waals surface area contributed by atoms with E-state index in [1.165, 1.54) is 6.92 Å². The molecule has 0 aliphatic heterocycles. The van der Waals surface area contributed by atoms with Crippen LogP contribution in [0.15, 0.2) is 0 Å². The van der Waals surface area contributed by atoms with Crippen LogP contribution < -0.4 is 5.48 Å². The van der Waals surface area contributed by atoms with E-state index in [1.807, 2.05) is 0 Å². The van der Waals surface area contributed by atoms with E-state index in [1.54, 1.807) is 0 Å². The zero-order chi connectivity index (χ0) is 11.9. The molecule has 5 nitrogen and oxygen atoms in total. The van der Waals surface area contributed by atoms with Gasteiger partial charge in [0.25, 0.3) is 0 Å². The van der Waals surface area contributed by atoms with Gasteiger partial charge in [-0.25, -0.2) is 9.19 Å². The second-order valence-electron chi connectivity index (χ2n) is 3.56. The van der Waals surface area contributed by atoms with Gasteiger partial charge in [-0.2, -0.15) is 5.48 Å². The molecule has 0 rings (SSSR count). The third-order valence-electron chi connectivity index (χ3n) is 2.24. The van der Waals surface area contributed by atoms with Crippen molar-refractivity contribution in [3.63, 3.8) is 0 Å². The lowest BCUT2D eigenvalue weighted by Crippen LogP contribution is -2.18. The van der Waals surface area contributed by atoms with Gasteiger partial charge in [-0.15, -0.1) is 0 Å². The van der Waals surface area contributed by atoms with Crippen LogP contribution in [0, 0.1) is 5.92 Å². The maximum Gasteiger partial charge on any atom is 0.410 e. The fourth-order valence-corrected chi connectivity index (χ4v) is 1.66. The third-order valence-corrected chi connectivity index (χ3v) is 3.57. The van der Waals surface area contributed by atoms with Crippen molar-refractivity contribution < 1.29 is 18.9 Å². The SMILES string of the molecule is CCC(=O)P(=O)(O)ONCCC(C)CC. The topological polar surface area (TPSA) is 75.6 Å². The van der Waals surface area contributed by atoms with Crippen LogP contribution in [0.4, 0.5) is 0 Å². The molecule has 0 heterocycles. The van der Waals surface area contributed by atoms with Gasteiger partial charge in [0.15, 0.2) is 0 Å². The Kier molecular flexibility index (Phi) is 7.02. The van der Waals surface area contributed by atoms with Crippen LogP contribution >= 0.6 is 7.60 Å². The van der Waals surface area contributed by atoms with Gasteiger partial charge in [0.1, 0.15) is 0 Å². The molecule has 2 N–H and O–H groups in total. The minimum Gasteiger partial charge on any atom is -0.318 e. The lowest BCUT2D eigenvalue weighted by molar-refractivity contribution is -0.113. The van der Waals surface area contributed by atoms with E-state index in [0.717, 1.165) is 12.8 Å². The Morgan fingerprint density at radius 3 is 2.60 bits per heavy atom. The Labute approximate surface area is 90.7 Å². The smallest absolute Gasteiger partial charge is 0.318 e. The van der Waals surface area contributed by atoms with Crippen molar-refractivity contribution in [2.45, 2.75) is 40.0 Å². The van der Waals surface area contributed by atoms with Gasteiger partial charge in [-0.05, 0) is 12.3 Å². The van der Waals surface area contributed by atoms with E-state index >= 15 is 0 Å². The highest BCUT2D eigenvalue weighted by Gasteiger charge is 2.28. The number of rotatable bonds is 8. The van der Waals surface area contributed by atoms with Crippen molar-refractivity contribution in [1.82, 2.24) is 5.48 Å². The number of carbonyl (C=O) groups is 1. The van der Waals surface area contributed by atoms with Gasteiger partial charge >= 0.3 is 7.60 Å². The minimum atomic E-state index is -4.10. The van der Waals surface area contributed by atoms with Crippen LogP contribution in [0.5, 0.6) is 0 Å². The second kappa shape index (κ2) is 7.12. The molecule has 0 amide bonds. The Bertz CT molecular complexity index is 244. The Balaban J connectivity index is 3.76. The predicted molar refractivity (Wildman–Crippen MR) is 58.3 cm³/mol. The molecule has 0 aromatic rings. The summed E-state index contributed by atoms with van der Waals surface area (Å²) in [5, 5.41) is 0. The normalized spacial score (nSPS) is 17.1. The Morgan fingerprint density at radius 2 is 2.13 bits per heavy atom. The standard InChI is InChI=1S/C9H20NO4P/c1-4-8(3)6-7-10-14-15(12,13)9(11)5-2/h8,10H,4-7H2,1-3H3,(H,12,13). The zero-order valence-electron chi connectivity index (χ0n) is 9.52. The Morgan fingerprint density at radius 1 is 1.53 bits per heavy atom. The fourth-order valence-electron chi connectivity index (χ4n) is 0.893. The molecule has 2 unspecified atom stereocenters. The fraction of sp³-hybridized carbons (Fsp3) is 0.889. The molecule has 15 heavy (non-hydrogen) atoms. The molecule has 0 aromatic heterocycles. The van der Waals surface area contributed by atoms with Gasteiger partial charge in [0.05, 0.1) is 0 Å². The van der Waals surface area contributed by atoms with E-state index in [-0.39, 0.29) is 6.42 Å². The molecule has 0 bridgehead atoms. The van der Waals surface area contributed by atoms with Crippen molar-refractivity contribution in [3.05, 3.63) is 0 Å². The highest BCUT2D eigenvalue weighted by Crippen LogP contribution is 2.42. The average Bonchev–Trinajstić information content (AvgIpc) is 2.22. The van der Waals surface area contributed by atoms with Gasteiger partial charge in [-0.3, -0.25) is 4.79 Å². The summed E-state index contributed by atoms with van der Waals surface area (Å²) in [6.07, 6.45) is 1.89. The van der Waals surface area contributed by atoms with Crippen molar-refractivity contribution in [1.29, 1.82) is 0 Å². The summed E-state index contributed by atoms with van der Waals surface area (Å²) >= 11 is 0.